The number of halogens is 1. The summed E-state index contributed by atoms with van der Waals surface area (Å²) in [5.74, 6) is 0.131. The minimum absolute atomic E-state index is 0.0536. The number of aliphatic imine (C=N–C) groups is 1. The van der Waals surface area contributed by atoms with Crippen LogP contribution in [0.25, 0.3) is 0 Å². The summed E-state index contributed by atoms with van der Waals surface area (Å²) < 4.78 is 24.3. The number of nitrogens with one attached hydrogen (secondary N) is 1. The molecule has 2 aliphatic heterocycles. The largest absolute Gasteiger partial charge is 0.325 e. The summed E-state index contributed by atoms with van der Waals surface area (Å²) >= 11 is 7.44. The fraction of sp³-hybridized carbons (Fsp3) is 0.333. The van der Waals surface area contributed by atoms with Gasteiger partial charge in [-0.25, -0.2) is 8.42 Å². The molecular formula is C21H22ClN3O3S2. The van der Waals surface area contributed by atoms with Crippen LogP contribution in [0.2, 0.25) is 5.02 Å². The average Bonchev–Trinajstić information content (AvgIpc) is 3.16. The van der Waals surface area contributed by atoms with Gasteiger partial charge in [0.05, 0.1) is 29.3 Å². The molecule has 2 aromatic carbocycles. The zero-order chi connectivity index (χ0) is 21.5. The van der Waals surface area contributed by atoms with Crippen LogP contribution < -0.4 is 10.2 Å². The van der Waals surface area contributed by atoms with Crippen LogP contribution >= 0.6 is 23.4 Å². The Morgan fingerprint density at radius 2 is 1.93 bits per heavy atom. The molecule has 30 heavy (non-hydrogen) atoms. The van der Waals surface area contributed by atoms with Gasteiger partial charge >= 0.3 is 0 Å². The number of rotatable bonds is 4. The maximum Gasteiger partial charge on any atom is 0.234 e. The van der Waals surface area contributed by atoms with Crippen LogP contribution in [0.1, 0.15) is 11.1 Å². The number of carbonyl (C=O) groups is 1. The lowest BCUT2D eigenvalue weighted by Crippen LogP contribution is -2.39. The summed E-state index contributed by atoms with van der Waals surface area (Å²) in [6.45, 7) is 3.86. The summed E-state index contributed by atoms with van der Waals surface area (Å²) in [5, 5.41) is 4.17. The van der Waals surface area contributed by atoms with Crippen molar-refractivity contribution in [3.8, 4) is 0 Å². The molecule has 1 N–H and O–H groups in total. The third-order valence-corrected chi connectivity index (χ3v) is 8.37. The van der Waals surface area contributed by atoms with Gasteiger partial charge in [-0.3, -0.25) is 9.79 Å². The normalized spacial score (nSPS) is 22.0. The fourth-order valence-corrected chi connectivity index (χ4v) is 6.64. The number of fused-ring (bicyclic) bond motifs is 1. The quantitative estimate of drug-likeness (QED) is 0.748. The number of anilines is 2. The van der Waals surface area contributed by atoms with Gasteiger partial charge in [0.1, 0.15) is 0 Å². The second kappa shape index (κ2) is 8.24. The fourth-order valence-electron chi connectivity index (χ4n) is 3.70. The molecule has 2 heterocycles. The molecule has 0 aliphatic carbocycles. The number of hydrogen-bond donors (Lipinski definition) is 1. The van der Waals surface area contributed by atoms with Crippen LogP contribution in [-0.4, -0.2) is 48.8 Å². The van der Waals surface area contributed by atoms with Crippen LogP contribution in [0, 0.1) is 13.8 Å². The molecule has 1 saturated heterocycles. The van der Waals surface area contributed by atoms with Crippen molar-refractivity contribution in [3.05, 3.63) is 58.6 Å². The van der Waals surface area contributed by atoms with Crippen LogP contribution in [0.5, 0.6) is 0 Å². The SMILES string of the molecule is Cc1ccc(N2C(SCC(=O)Nc3cccc(Cl)c3C)=N[C@H]3CS(=O)(=O)C[C@@H]32)cc1. The maximum absolute atomic E-state index is 12.5. The highest BCUT2D eigenvalue weighted by molar-refractivity contribution is 8.14. The highest BCUT2D eigenvalue weighted by Gasteiger charge is 2.47. The van der Waals surface area contributed by atoms with E-state index >= 15 is 0 Å². The first-order valence-corrected chi connectivity index (χ1v) is 12.7. The van der Waals surface area contributed by atoms with Gasteiger partial charge in [-0.15, -0.1) is 0 Å². The smallest absolute Gasteiger partial charge is 0.234 e. The molecule has 2 atom stereocenters. The van der Waals surface area contributed by atoms with Gasteiger partial charge in [0, 0.05) is 16.4 Å². The molecule has 0 bridgehead atoms. The summed E-state index contributed by atoms with van der Waals surface area (Å²) in [6, 6.07) is 12.8. The first kappa shape index (κ1) is 21.2. The van der Waals surface area contributed by atoms with Crippen molar-refractivity contribution in [1.29, 1.82) is 0 Å². The molecule has 0 saturated carbocycles. The lowest BCUT2D eigenvalue weighted by Gasteiger charge is -2.26. The average molecular weight is 464 g/mol. The molecule has 0 radical (unpaired) electrons. The van der Waals surface area contributed by atoms with E-state index in [2.05, 4.69) is 10.3 Å². The molecular weight excluding hydrogens is 442 g/mol. The Morgan fingerprint density at radius 3 is 2.67 bits per heavy atom. The number of amides is 1. The highest BCUT2D eigenvalue weighted by Crippen LogP contribution is 2.35. The number of carbonyl (C=O) groups excluding carboxylic acids is 1. The number of thioether (sulfide) groups is 1. The van der Waals surface area contributed by atoms with Crippen molar-refractivity contribution in [3.63, 3.8) is 0 Å². The van der Waals surface area contributed by atoms with Gasteiger partial charge < -0.3 is 10.2 Å². The lowest BCUT2D eigenvalue weighted by molar-refractivity contribution is -0.113. The lowest BCUT2D eigenvalue weighted by atomic mass is 10.1. The van der Waals surface area contributed by atoms with E-state index in [9.17, 15) is 13.2 Å². The number of hydrogen-bond acceptors (Lipinski definition) is 6. The van der Waals surface area contributed by atoms with Crippen molar-refractivity contribution in [1.82, 2.24) is 0 Å². The third-order valence-electron chi connectivity index (χ3n) is 5.29. The number of aryl methyl sites for hydroxylation is 1. The van der Waals surface area contributed by atoms with Crippen molar-refractivity contribution in [2.24, 2.45) is 4.99 Å². The minimum Gasteiger partial charge on any atom is -0.325 e. The maximum atomic E-state index is 12.5. The van der Waals surface area contributed by atoms with Gasteiger partial charge in [0.2, 0.25) is 5.91 Å². The van der Waals surface area contributed by atoms with Crippen LogP contribution in [0.15, 0.2) is 47.5 Å². The van der Waals surface area contributed by atoms with Gasteiger partial charge in [-0.1, -0.05) is 47.1 Å². The Labute approximate surface area is 185 Å². The Morgan fingerprint density at radius 1 is 1.20 bits per heavy atom. The summed E-state index contributed by atoms with van der Waals surface area (Å²) in [5.41, 5.74) is 3.51. The number of sulfone groups is 1. The third kappa shape index (κ3) is 4.36. The molecule has 1 fully saturated rings. The van der Waals surface area contributed by atoms with E-state index < -0.39 is 9.84 Å². The van der Waals surface area contributed by atoms with Gasteiger partial charge in [0.25, 0.3) is 0 Å². The van der Waals surface area contributed by atoms with Gasteiger partial charge in [-0.05, 0) is 43.7 Å². The molecule has 4 rings (SSSR count). The second-order valence-electron chi connectivity index (χ2n) is 7.58. The van der Waals surface area contributed by atoms with Crippen molar-refractivity contribution in [2.75, 3.05) is 27.5 Å². The van der Waals surface area contributed by atoms with E-state index in [4.69, 9.17) is 11.6 Å². The summed E-state index contributed by atoms with van der Waals surface area (Å²) in [4.78, 5) is 19.2. The van der Waals surface area contributed by atoms with Gasteiger partial charge in [0.15, 0.2) is 15.0 Å². The van der Waals surface area contributed by atoms with Crippen LogP contribution in [0.4, 0.5) is 11.4 Å². The van der Waals surface area contributed by atoms with E-state index in [0.29, 0.717) is 15.9 Å². The van der Waals surface area contributed by atoms with E-state index in [1.54, 1.807) is 12.1 Å². The topological polar surface area (TPSA) is 78.8 Å². The predicted octanol–water partition coefficient (Wildman–Crippen LogP) is 3.67. The molecule has 0 unspecified atom stereocenters. The Hall–Kier alpha value is -2.03. The molecule has 2 aliphatic rings. The molecule has 0 spiro atoms. The summed E-state index contributed by atoms with van der Waals surface area (Å²) in [6.07, 6.45) is 0. The van der Waals surface area contributed by atoms with E-state index in [1.807, 2.05) is 49.1 Å². The van der Waals surface area contributed by atoms with Crippen molar-refractivity contribution >= 4 is 55.6 Å². The summed E-state index contributed by atoms with van der Waals surface area (Å²) in [7, 11) is -3.11. The highest BCUT2D eigenvalue weighted by atomic mass is 35.5. The Balaban J connectivity index is 1.51. The Bertz CT molecular complexity index is 1120. The van der Waals surface area contributed by atoms with Crippen molar-refractivity contribution in [2.45, 2.75) is 25.9 Å². The Kier molecular flexibility index (Phi) is 5.83. The second-order valence-corrected chi connectivity index (χ2v) is 11.1. The van der Waals surface area contributed by atoms with E-state index in [1.165, 1.54) is 11.8 Å². The molecule has 1 amide bonds. The first-order chi connectivity index (χ1) is 14.2. The number of amidine groups is 1. The minimum atomic E-state index is -3.11. The zero-order valence-electron chi connectivity index (χ0n) is 16.6. The van der Waals surface area contributed by atoms with Gasteiger partial charge in [-0.2, -0.15) is 0 Å². The standard InChI is InChI=1S/C21H22ClN3O3S2/c1-13-6-8-15(9-7-13)25-19-12-30(27,28)11-18(19)24-21(25)29-10-20(26)23-17-5-3-4-16(22)14(17)2/h3-9,18-19H,10-12H2,1-2H3,(H,23,26)/t18-,19-/m0/s1. The molecule has 6 nitrogen and oxygen atoms in total. The van der Waals surface area contributed by atoms with E-state index in [-0.39, 0.29) is 35.2 Å². The van der Waals surface area contributed by atoms with Crippen LogP contribution in [0.3, 0.4) is 0 Å². The van der Waals surface area contributed by atoms with Crippen LogP contribution in [-0.2, 0) is 14.6 Å². The molecule has 2 aromatic rings. The number of nitrogens with zero attached hydrogens (tertiary/aromatic N) is 2. The zero-order valence-corrected chi connectivity index (χ0v) is 19.0. The van der Waals surface area contributed by atoms with Crippen molar-refractivity contribution < 1.29 is 13.2 Å². The van der Waals surface area contributed by atoms with E-state index in [0.717, 1.165) is 16.8 Å². The first-order valence-electron chi connectivity index (χ1n) is 9.55. The monoisotopic (exact) mass is 463 g/mol. The predicted molar refractivity (Wildman–Crippen MR) is 125 cm³/mol. The molecule has 9 heteroatoms. The number of benzene rings is 2. The molecule has 0 aromatic heterocycles. The molecule has 158 valence electrons.